The number of rotatable bonds is 18. The van der Waals surface area contributed by atoms with Gasteiger partial charge in [0.15, 0.2) is 11.5 Å². The molecule has 14 heteroatoms. The summed E-state index contributed by atoms with van der Waals surface area (Å²) in [7, 11) is 2.83. The lowest BCUT2D eigenvalue weighted by Gasteiger charge is -2.41. The SMILES string of the molecule is COCCCCC1(CNC(=O)[C@H]2C[C@@H](NS(=O)(=O)c3ccc(OCCN(C)C)c(OC)c3)CN(C(=O)OCC3c4ccccc4-c4ccccc43)C2)c2ccccc2Oc2ccccc21. The van der Waals surface area contributed by atoms with Gasteiger partial charge in [-0.15, -0.1) is 0 Å². The normalized spacial score (nSPS) is 17.3. The van der Waals surface area contributed by atoms with Gasteiger partial charge < -0.3 is 38.8 Å². The molecule has 2 amide bonds. The van der Waals surface area contributed by atoms with Crippen molar-refractivity contribution >= 4 is 22.0 Å². The van der Waals surface area contributed by atoms with E-state index in [0.717, 1.165) is 57.7 Å². The molecule has 1 saturated heterocycles. The maximum atomic E-state index is 14.7. The number of sulfonamides is 1. The van der Waals surface area contributed by atoms with Gasteiger partial charge in [-0.1, -0.05) is 84.9 Å². The first-order chi connectivity index (χ1) is 31.5. The largest absolute Gasteiger partial charge is 0.493 e. The summed E-state index contributed by atoms with van der Waals surface area (Å²) in [4.78, 5) is 32.3. The molecule has 0 saturated carbocycles. The zero-order valence-corrected chi connectivity index (χ0v) is 38.3. The van der Waals surface area contributed by atoms with Gasteiger partial charge >= 0.3 is 6.09 Å². The number of nitrogens with one attached hydrogen (secondary N) is 2. The number of methoxy groups -OCH3 is 2. The molecular weight excluding hydrogens is 845 g/mol. The van der Waals surface area contributed by atoms with E-state index < -0.39 is 33.5 Å². The Morgan fingerprint density at radius 1 is 0.800 bits per heavy atom. The van der Waals surface area contributed by atoms with E-state index in [0.29, 0.717) is 31.9 Å². The fourth-order valence-corrected chi connectivity index (χ4v) is 10.8. The quantitative estimate of drug-likeness (QED) is 0.0845. The highest BCUT2D eigenvalue weighted by atomic mass is 32.2. The first-order valence-electron chi connectivity index (χ1n) is 22.2. The minimum Gasteiger partial charge on any atom is -0.493 e. The molecule has 5 aromatic rings. The Balaban J connectivity index is 1.05. The number of carbonyl (C=O) groups excluding carboxylic acids is 2. The van der Waals surface area contributed by atoms with Gasteiger partial charge in [0.05, 0.1) is 17.9 Å². The number of likely N-dealkylation sites (N-methyl/N-ethyl adjacent to an activating group) is 1. The summed E-state index contributed by atoms with van der Waals surface area (Å²) in [6.07, 6.45) is 1.86. The number of nitrogens with zero attached hydrogens (tertiary/aromatic N) is 2. The average molecular weight is 903 g/mol. The highest BCUT2D eigenvalue weighted by Gasteiger charge is 2.44. The summed E-state index contributed by atoms with van der Waals surface area (Å²) in [6.45, 7) is 1.99. The number of fused-ring (bicyclic) bond motifs is 5. The standard InChI is InChI=1S/C51H58N4O9S/c1-54(2)26-28-62-47-24-23-37(30-48(47)61-4)65(58,59)53-36-29-35(31-55(32-36)50(57)63-33-42-40-17-7-5-15-38(40)39-16-6-8-18-41(39)42)49(56)52-34-51(25-13-14-27-60-3)43-19-9-11-21-45(43)64-46-22-12-10-20-44(46)51/h5-12,15-24,30,35-36,42,53H,13-14,25-29,31-34H2,1-4H3,(H,52,56)/t35-,36+/m0/s1. The molecule has 8 rings (SSSR count). The van der Waals surface area contributed by atoms with Crippen molar-refractivity contribution in [3.63, 3.8) is 0 Å². The molecule has 1 aliphatic carbocycles. The number of ether oxygens (including phenoxy) is 5. The number of unbranched alkanes of at least 4 members (excludes halogenated alkanes) is 1. The van der Waals surface area contributed by atoms with Crippen LogP contribution in [0.2, 0.25) is 0 Å². The van der Waals surface area contributed by atoms with Crippen LogP contribution in [-0.2, 0) is 29.7 Å². The van der Waals surface area contributed by atoms with Gasteiger partial charge in [0, 0.05) is 74.5 Å². The molecule has 0 aromatic heterocycles. The summed E-state index contributed by atoms with van der Waals surface area (Å²) >= 11 is 0. The van der Waals surface area contributed by atoms with Crippen LogP contribution in [0.1, 0.15) is 53.9 Å². The third kappa shape index (κ3) is 9.86. The number of hydrogen-bond acceptors (Lipinski definition) is 10. The lowest BCUT2D eigenvalue weighted by atomic mass is 9.69. The monoisotopic (exact) mass is 902 g/mol. The van der Waals surface area contributed by atoms with Gasteiger partial charge in [0.1, 0.15) is 24.7 Å². The van der Waals surface area contributed by atoms with Crippen LogP contribution in [0.4, 0.5) is 4.79 Å². The number of hydrogen-bond donors (Lipinski definition) is 2. The molecule has 3 aliphatic rings. The van der Waals surface area contributed by atoms with Crippen LogP contribution in [0.25, 0.3) is 11.1 Å². The number of amides is 2. The smallest absolute Gasteiger partial charge is 0.409 e. The predicted molar refractivity (Wildman–Crippen MR) is 248 cm³/mol. The van der Waals surface area contributed by atoms with Crippen molar-refractivity contribution in [2.45, 2.75) is 48.0 Å². The van der Waals surface area contributed by atoms with Gasteiger partial charge in [-0.3, -0.25) is 4.79 Å². The molecule has 0 spiro atoms. The molecule has 0 bridgehead atoms. The first-order valence-corrected chi connectivity index (χ1v) is 23.7. The molecular formula is C51H58N4O9S. The second-order valence-corrected chi connectivity index (χ2v) is 19.0. The number of likely N-dealkylation sites (tertiary alicyclic amines) is 1. The minimum absolute atomic E-state index is 0.00985. The maximum absolute atomic E-state index is 14.7. The Kier molecular flexibility index (Phi) is 14.1. The van der Waals surface area contributed by atoms with Crippen LogP contribution in [0, 0.1) is 5.92 Å². The van der Waals surface area contributed by atoms with Crippen molar-refractivity contribution in [1.29, 1.82) is 0 Å². The van der Waals surface area contributed by atoms with E-state index in [4.69, 9.17) is 23.7 Å². The molecule has 2 N–H and O–H groups in total. The summed E-state index contributed by atoms with van der Waals surface area (Å²) in [6, 6.07) is 35.6. The van der Waals surface area contributed by atoms with Crippen molar-refractivity contribution in [3.8, 4) is 34.1 Å². The lowest BCUT2D eigenvalue weighted by molar-refractivity contribution is -0.127. The minimum atomic E-state index is -4.18. The molecule has 65 heavy (non-hydrogen) atoms. The lowest BCUT2D eigenvalue weighted by Crippen LogP contribution is -2.56. The Bertz CT molecular complexity index is 2510. The third-order valence-corrected chi connectivity index (χ3v) is 14.3. The molecule has 1 fully saturated rings. The summed E-state index contributed by atoms with van der Waals surface area (Å²) in [5.41, 5.74) is 5.64. The van der Waals surface area contributed by atoms with Crippen LogP contribution in [0.15, 0.2) is 120 Å². The molecule has 2 atom stereocenters. The van der Waals surface area contributed by atoms with Crippen molar-refractivity contribution in [1.82, 2.24) is 19.8 Å². The molecule has 0 radical (unpaired) electrons. The summed E-state index contributed by atoms with van der Waals surface area (Å²) in [5.74, 6) is 0.866. The Morgan fingerprint density at radius 2 is 1.45 bits per heavy atom. The number of para-hydroxylation sites is 2. The van der Waals surface area contributed by atoms with Crippen LogP contribution in [0.3, 0.4) is 0 Å². The number of piperidine rings is 1. The van der Waals surface area contributed by atoms with Gasteiger partial charge in [-0.25, -0.2) is 17.9 Å². The summed E-state index contributed by atoms with van der Waals surface area (Å²) in [5, 5.41) is 3.29. The van der Waals surface area contributed by atoms with E-state index in [2.05, 4.69) is 46.4 Å². The van der Waals surface area contributed by atoms with Crippen LogP contribution >= 0.6 is 0 Å². The molecule has 2 heterocycles. The first kappa shape index (κ1) is 45.6. The van der Waals surface area contributed by atoms with E-state index in [9.17, 15) is 18.0 Å². The second kappa shape index (κ2) is 20.1. The van der Waals surface area contributed by atoms with E-state index in [1.165, 1.54) is 24.1 Å². The van der Waals surface area contributed by atoms with Crippen molar-refractivity contribution < 1.29 is 41.7 Å². The highest BCUT2D eigenvalue weighted by molar-refractivity contribution is 7.89. The highest BCUT2D eigenvalue weighted by Crippen LogP contribution is 2.50. The molecule has 342 valence electrons. The molecule has 13 nitrogen and oxygen atoms in total. The van der Waals surface area contributed by atoms with E-state index in [1.54, 1.807) is 13.2 Å². The molecule has 0 unspecified atom stereocenters. The van der Waals surface area contributed by atoms with Crippen molar-refractivity contribution in [2.75, 3.05) is 74.3 Å². The average Bonchev–Trinajstić information content (AvgIpc) is 3.64. The maximum Gasteiger partial charge on any atom is 0.409 e. The summed E-state index contributed by atoms with van der Waals surface area (Å²) < 4.78 is 60.4. The van der Waals surface area contributed by atoms with Gasteiger partial charge in [0.25, 0.3) is 0 Å². The van der Waals surface area contributed by atoms with Crippen molar-refractivity contribution in [2.24, 2.45) is 5.92 Å². The Labute approximate surface area is 382 Å². The van der Waals surface area contributed by atoms with Crippen LogP contribution in [0.5, 0.6) is 23.0 Å². The molecule has 5 aromatic carbocycles. The van der Waals surface area contributed by atoms with Crippen LogP contribution in [-0.4, -0.2) is 111 Å². The van der Waals surface area contributed by atoms with Gasteiger partial charge in [-0.05, 0) is 86.3 Å². The van der Waals surface area contributed by atoms with E-state index >= 15 is 0 Å². The zero-order chi connectivity index (χ0) is 45.6. The van der Waals surface area contributed by atoms with Gasteiger partial charge in [-0.2, -0.15) is 0 Å². The zero-order valence-electron chi connectivity index (χ0n) is 37.5. The van der Waals surface area contributed by atoms with E-state index in [1.807, 2.05) is 79.7 Å². The molecule has 2 aliphatic heterocycles. The van der Waals surface area contributed by atoms with Crippen molar-refractivity contribution in [3.05, 3.63) is 138 Å². The number of carbonyl (C=O) groups is 2. The fraction of sp³-hybridized carbons (Fsp3) is 0.373. The van der Waals surface area contributed by atoms with Gasteiger partial charge in [0.2, 0.25) is 15.9 Å². The predicted octanol–water partition coefficient (Wildman–Crippen LogP) is 7.58. The Morgan fingerprint density at radius 3 is 2.09 bits per heavy atom. The van der Waals surface area contributed by atoms with E-state index in [-0.39, 0.29) is 55.1 Å². The Hall–Kier alpha value is -5.93. The second-order valence-electron chi connectivity index (χ2n) is 17.3. The fourth-order valence-electron chi connectivity index (χ4n) is 9.54. The van der Waals surface area contributed by atoms with Crippen LogP contribution < -0.4 is 24.2 Å². The third-order valence-electron chi connectivity index (χ3n) is 12.8. The topological polar surface area (TPSA) is 145 Å². The number of benzene rings is 5.